The molecule has 1 atom stereocenters. The fourth-order valence-electron chi connectivity index (χ4n) is 1.90. The van der Waals surface area contributed by atoms with Crippen LogP contribution in [0.5, 0.6) is 0 Å². The summed E-state index contributed by atoms with van der Waals surface area (Å²) in [7, 11) is 2.95. The van der Waals surface area contributed by atoms with Gasteiger partial charge in [-0.25, -0.2) is 4.79 Å². The standard InChI is InChI=1S/C15H22N2O4/c1-11(14(16)18)17(8-9-20-2)10-12-4-6-13(7-5-12)15(19)21-3/h4-7,11H,8-10H2,1-3H3,(H2,16,18)/t11-/m1/s1. The molecular formula is C15H22N2O4. The van der Waals surface area contributed by atoms with Crippen LogP contribution in [-0.2, 0) is 20.8 Å². The monoisotopic (exact) mass is 294 g/mol. The summed E-state index contributed by atoms with van der Waals surface area (Å²) in [4.78, 5) is 24.7. The first kappa shape index (κ1) is 17.1. The minimum Gasteiger partial charge on any atom is -0.465 e. The number of esters is 1. The largest absolute Gasteiger partial charge is 0.465 e. The third-order valence-corrected chi connectivity index (χ3v) is 3.30. The van der Waals surface area contributed by atoms with Gasteiger partial charge in [0.25, 0.3) is 0 Å². The van der Waals surface area contributed by atoms with E-state index in [4.69, 9.17) is 10.5 Å². The molecule has 0 aromatic heterocycles. The van der Waals surface area contributed by atoms with E-state index >= 15 is 0 Å². The number of methoxy groups -OCH3 is 2. The zero-order valence-electron chi connectivity index (χ0n) is 12.7. The van der Waals surface area contributed by atoms with Crippen molar-refractivity contribution >= 4 is 11.9 Å². The number of rotatable bonds is 8. The molecule has 0 aliphatic rings. The number of benzene rings is 1. The zero-order chi connectivity index (χ0) is 15.8. The van der Waals surface area contributed by atoms with E-state index in [1.165, 1.54) is 7.11 Å². The molecule has 0 spiro atoms. The average molecular weight is 294 g/mol. The van der Waals surface area contributed by atoms with Crippen molar-refractivity contribution in [2.75, 3.05) is 27.4 Å². The van der Waals surface area contributed by atoms with Gasteiger partial charge in [-0.05, 0) is 24.6 Å². The minimum absolute atomic E-state index is 0.372. The Morgan fingerprint density at radius 3 is 2.33 bits per heavy atom. The van der Waals surface area contributed by atoms with Crippen molar-refractivity contribution in [3.05, 3.63) is 35.4 Å². The van der Waals surface area contributed by atoms with Crippen molar-refractivity contribution in [1.82, 2.24) is 4.90 Å². The van der Waals surface area contributed by atoms with Crippen LogP contribution in [-0.4, -0.2) is 50.2 Å². The molecule has 6 heteroatoms. The Morgan fingerprint density at radius 2 is 1.86 bits per heavy atom. The quantitative estimate of drug-likeness (QED) is 0.717. The number of carbonyl (C=O) groups is 2. The Bertz CT molecular complexity index is 473. The zero-order valence-corrected chi connectivity index (χ0v) is 12.7. The normalized spacial score (nSPS) is 12.2. The summed E-state index contributed by atoms with van der Waals surface area (Å²) in [6.45, 7) is 3.42. The van der Waals surface area contributed by atoms with Gasteiger partial charge < -0.3 is 15.2 Å². The van der Waals surface area contributed by atoms with Crippen LogP contribution in [0.3, 0.4) is 0 Å². The lowest BCUT2D eigenvalue weighted by atomic mass is 10.1. The summed E-state index contributed by atoms with van der Waals surface area (Å²) in [6, 6.07) is 6.68. The molecule has 21 heavy (non-hydrogen) atoms. The molecule has 1 aromatic rings. The van der Waals surface area contributed by atoms with Gasteiger partial charge in [-0.15, -0.1) is 0 Å². The maximum atomic E-state index is 11.4. The molecule has 0 aliphatic carbocycles. The van der Waals surface area contributed by atoms with Crippen molar-refractivity contribution in [1.29, 1.82) is 0 Å². The smallest absolute Gasteiger partial charge is 0.337 e. The highest BCUT2D eigenvalue weighted by Crippen LogP contribution is 2.11. The van der Waals surface area contributed by atoms with E-state index in [0.717, 1.165) is 5.56 Å². The van der Waals surface area contributed by atoms with Crippen LogP contribution in [0.4, 0.5) is 0 Å². The minimum atomic E-state index is -0.388. The van der Waals surface area contributed by atoms with E-state index in [2.05, 4.69) is 4.74 Å². The van der Waals surface area contributed by atoms with E-state index in [0.29, 0.717) is 25.3 Å². The number of hydrogen-bond acceptors (Lipinski definition) is 5. The summed E-state index contributed by atoms with van der Waals surface area (Å²) in [5.41, 5.74) is 6.83. The van der Waals surface area contributed by atoms with Gasteiger partial charge in [-0.3, -0.25) is 9.69 Å². The number of primary amides is 1. The van der Waals surface area contributed by atoms with Gasteiger partial charge in [0.1, 0.15) is 0 Å². The Balaban J connectivity index is 2.78. The number of hydrogen-bond donors (Lipinski definition) is 1. The second-order valence-corrected chi connectivity index (χ2v) is 4.73. The van der Waals surface area contributed by atoms with Crippen LogP contribution in [0.1, 0.15) is 22.8 Å². The first-order valence-electron chi connectivity index (χ1n) is 6.69. The number of carbonyl (C=O) groups excluding carboxylic acids is 2. The SMILES string of the molecule is COCCN(Cc1ccc(C(=O)OC)cc1)[C@H](C)C(N)=O. The predicted molar refractivity (Wildman–Crippen MR) is 78.7 cm³/mol. The van der Waals surface area contributed by atoms with E-state index in [1.54, 1.807) is 26.2 Å². The summed E-state index contributed by atoms with van der Waals surface area (Å²) >= 11 is 0. The Morgan fingerprint density at radius 1 is 1.24 bits per heavy atom. The Hall–Kier alpha value is -1.92. The highest BCUT2D eigenvalue weighted by atomic mass is 16.5. The molecule has 116 valence electrons. The Labute approximate surface area is 124 Å². The van der Waals surface area contributed by atoms with E-state index in [1.807, 2.05) is 17.0 Å². The fraction of sp³-hybridized carbons (Fsp3) is 0.467. The van der Waals surface area contributed by atoms with E-state index in [9.17, 15) is 9.59 Å². The summed E-state index contributed by atoms with van der Waals surface area (Å²) in [5, 5.41) is 0. The van der Waals surface area contributed by atoms with Crippen LogP contribution in [0.25, 0.3) is 0 Å². The highest BCUT2D eigenvalue weighted by molar-refractivity contribution is 5.89. The highest BCUT2D eigenvalue weighted by Gasteiger charge is 2.19. The molecule has 1 amide bonds. The molecule has 6 nitrogen and oxygen atoms in total. The lowest BCUT2D eigenvalue weighted by Crippen LogP contribution is -2.43. The summed E-state index contributed by atoms with van der Waals surface area (Å²) in [5.74, 6) is -0.749. The molecule has 0 unspecified atom stereocenters. The molecular weight excluding hydrogens is 272 g/mol. The summed E-state index contributed by atoms with van der Waals surface area (Å²) in [6.07, 6.45) is 0. The average Bonchev–Trinajstić information content (AvgIpc) is 2.50. The topological polar surface area (TPSA) is 81.9 Å². The van der Waals surface area contributed by atoms with Crippen molar-refractivity contribution in [2.45, 2.75) is 19.5 Å². The number of nitrogens with zero attached hydrogens (tertiary/aromatic N) is 1. The molecule has 0 radical (unpaired) electrons. The number of ether oxygens (including phenoxy) is 2. The van der Waals surface area contributed by atoms with Gasteiger partial charge in [0.15, 0.2) is 0 Å². The molecule has 0 fully saturated rings. The molecule has 0 saturated heterocycles. The summed E-state index contributed by atoms with van der Waals surface area (Å²) < 4.78 is 9.70. The van der Waals surface area contributed by atoms with Crippen molar-refractivity contribution in [3.8, 4) is 0 Å². The molecule has 0 aliphatic heterocycles. The number of amides is 1. The van der Waals surface area contributed by atoms with Gasteiger partial charge in [-0.2, -0.15) is 0 Å². The molecule has 0 heterocycles. The molecule has 1 rings (SSSR count). The van der Waals surface area contributed by atoms with Crippen LogP contribution in [0, 0.1) is 0 Å². The molecule has 1 aromatic carbocycles. The first-order chi connectivity index (χ1) is 9.99. The third kappa shape index (κ3) is 5.17. The lowest BCUT2D eigenvalue weighted by Gasteiger charge is -2.26. The number of nitrogens with two attached hydrogens (primary N) is 1. The van der Waals surface area contributed by atoms with E-state index in [-0.39, 0.29) is 17.9 Å². The van der Waals surface area contributed by atoms with Crippen molar-refractivity contribution in [2.24, 2.45) is 5.73 Å². The van der Waals surface area contributed by atoms with Crippen LogP contribution in [0.15, 0.2) is 24.3 Å². The predicted octanol–water partition coefficient (Wildman–Crippen LogP) is 0.795. The van der Waals surface area contributed by atoms with Crippen LogP contribution >= 0.6 is 0 Å². The maximum absolute atomic E-state index is 11.4. The third-order valence-electron chi connectivity index (χ3n) is 3.30. The van der Waals surface area contributed by atoms with Crippen LogP contribution < -0.4 is 5.73 Å². The Kier molecular flexibility index (Phi) is 6.84. The lowest BCUT2D eigenvalue weighted by molar-refractivity contribution is -0.123. The van der Waals surface area contributed by atoms with Gasteiger partial charge in [0.05, 0.1) is 25.3 Å². The fourth-order valence-corrected chi connectivity index (χ4v) is 1.90. The van der Waals surface area contributed by atoms with Gasteiger partial charge >= 0.3 is 5.97 Å². The van der Waals surface area contributed by atoms with Gasteiger partial charge in [-0.1, -0.05) is 12.1 Å². The van der Waals surface area contributed by atoms with Gasteiger partial charge in [0.2, 0.25) is 5.91 Å². The van der Waals surface area contributed by atoms with Gasteiger partial charge in [0, 0.05) is 20.2 Å². The van der Waals surface area contributed by atoms with Crippen LogP contribution in [0.2, 0.25) is 0 Å². The second kappa shape index (κ2) is 8.39. The first-order valence-corrected chi connectivity index (χ1v) is 6.69. The molecule has 0 saturated carbocycles. The second-order valence-electron chi connectivity index (χ2n) is 4.73. The molecule has 2 N–H and O–H groups in total. The van der Waals surface area contributed by atoms with Crippen molar-refractivity contribution in [3.63, 3.8) is 0 Å². The van der Waals surface area contributed by atoms with Crippen molar-refractivity contribution < 1.29 is 19.1 Å². The molecule has 0 bridgehead atoms. The maximum Gasteiger partial charge on any atom is 0.337 e. The van der Waals surface area contributed by atoms with E-state index < -0.39 is 0 Å².